The first-order valence-electron chi connectivity index (χ1n) is 13.9. The fourth-order valence-electron chi connectivity index (χ4n) is 4.60. The molecule has 1 unspecified atom stereocenters. The number of carbonyl (C=O) groups is 1. The van der Waals surface area contributed by atoms with Crippen LogP contribution < -0.4 is 0 Å². The molecule has 0 aliphatic carbocycles. The number of nitrogens with zero attached hydrogens (tertiary/aromatic N) is 2. The van der Waals surface area contributed by atoms with Crippen LogP contribution in [-0.2, 0) is 23.2 Å². The number of benzene rings is 2. The molecule has 0 fully saturated rings. The number of rotatable bonds is 13. The number of H-pyrrole nitrogens is 1. The molecule has 0 aliphatic rings. The van der Waals surface area contributed by atoms with E-state index < -0.39 is 6.10 Å². The van der Waals surface area contributed by atoms with E-state index in [-0.39, 0.29) is 17.2 Å². The van der Waals surface area contributed by atoms with E-state index >= 15 is 0 Å². The zero-order valence-electron chi connectivity index (χ0n) is 23.8. The second-order valence-corrected chi connectivity index (χ2v) is 11.8. The van der Waals surface area contributed by atoms with Crippen molar-refractivity contribution in [1.82, 2.24) is 14.8 Å². The van der Waals surface area contributed by atoms with E-state index in [0.29, 0.717) is 26.2 Å². The summed E-state index contributed by atoms with van der Waals surface area (Å²) >= 11 is 0. The molecule has 3 rings (SSSR count). The van der Waals surface area contributed by atoms with Gasteiger partial charge in [-0.05, 0) is 53.5 Å². The molecule has 0 aliphatic heterocycles. The van der Waals surface area contributed by atoms with Gasteiger partial charge in [0.05, 0.1) is 12.6 Å². The highest BCUT2D eigenvalue weighted by Gasteiger charge is 2.22. The largest absolute Gasteiger partial charge is 0.392 e. The Balaban J connectivity index is 1.78. The highest BCUT2D eigenvalue weighted by atomic mass is 16.3. The van der Waals surface area contributed by atoms with Crippen LogP contribution in [0, 0.1) is 5.92 Å². The van der Waals surface area contributed by atoms with Gasteiger partial charge in [-0.2, -0.15) is 0 Å². The molecule has 202 valence electrons. The van der Waals surface area contributed by atoms with E-state index in [9.17, 15) is 9.90 Å². The summed E-state index contributed by atoms with van der Waals surface area (Å²) in [4.78, 5) is 21.2. The van der Waals surface area contributed by atoms with Gasteiger partial charge in [0.1, 0.15) is 0 Å². The summed E-state index contributed by atoms with van der Waals surface area (Å²) in [6.45, 7) is 15.8. The SMILES string of the molecule is CCCCN(CC(=O)N(CCc1c[nH]c2ccccc12)Cc1ccc(C(C)(C)C)cc1)CC(O)C(C)C. The lowest BCUT2D eigenvalue weighted by atomic mass is 9.87. The number of unbranched alkanes of at least 4 members (excludes halogenated alkanes) is 1. The zero-order chi connectivity index (χ0) is 27.0. The number of aromatic amines is 1. The minimum atomic E-state index is -0.436. The zero-order valence-corrected chi connectivity index (χ0v) is 23.8. The van der Waals surface area contributed by atoms with Crippen LogP contribution in [0.25, 0.3) is 10.9 Å². The normalized spacial score (nSPS) is 13.0. The van der Waals surface area contributed by atoms with Gasteiger partial charge in [0.2, 0.25) is 5.91 Å². The third-order valence-corrected chi connectivity index (χ3v) is 7.27. The van der Waals surface area contributed by atoms with Gasteiger partial charge in [0, 0.05) is 36.7 Å². The molecule has 1 heterocycles. The molecule has 0 saturated heterocycles. The van der Waals surface area contributed by atoms with Crippen molar-refractivity contribution in [3.05, 3.63) is 71.4 Å². The summed E-state index contributed by atoms with van der Waals surface area (Å²) in [5.41, 5.74) is 4.89. The van der Waals surface area contributed by atoms with Crippen LogP contribution in [0.3, 0.4) is 0 Å². The molecule has 3 aromatic rings. The van der Waals surface area contributed by atoms with Crippen LogP contribution in [0.1, 0.15) is 71.1 Å². The van der Waals surface area contributed by atoms with E-state index in [1.54, 1.807) is 0 Å². The summed E-state index contributed by atoms with van der Waals surface area (Å²) in [5, 5.41) is 11.8. The van der Waals surface area contributed by atoms with Crippen LogP contribution in [0.2, 0.25) is 0 Å². The number of para-hydroxylation sites is 1. The highest BCUT2D eigenvalue weighted by molar-refractivity contribution is 5.83. The minimum Gasteiger partial charge on any atom is -0.392 e. The van der Waals surface area contributed by atoms with Crippen molar-refractivity contribution in [2.45, 2.75) is 78.9 Å². The average molecular weight is 506 g/mol. The van der Waals surface area contributed by atoms with Gasteiger partial charge in [-0.15, -0.1) is 0 Å². The van der Waals surface area contributed by atoms with Crippen molar-refractivity contribution >= 4 is 16.8 Å². The quantitative estimate of drug-likeness (QED) is 0.293. The summed E-state index contributed by atoms with van der Waals surface area (Å²) in [7, 11) is 0. The van der Waals surface area contributed by atoms with Crippen molar-refractivity contribution in [1.29, 1.82) is 0 Å². The maximum absolute atomic E-state index is 13.7. The standard InChI is InChI=1S/C32H47N3O2/c1-7-8-18-34(22-30(36)24(2)3)23-31(37)35(21-25-13-15-27(16-14-25)32(4,5)6)19-17-26-20-33-29-12-10-9-11-28(26)29/h9-16,20,24,30,33,36H,7-8,17-19,21-23H2,1-6H3. The summed E-state index contributed by atoms with van der Waals surface area (Å²) < 4.78 is 0. The molecular formula is C32H47N3O2. The molecule has 0 radical (unpaired) electrons. The summed E-state index contributed by atoms with van der Waals surface area (Å²) in [6, 6.07) is 17.0. The number of nitrogens with one attached hydrogen (secondary N) is 1. The maximum atomic E-state index is 13.7. The first-order valence-corrected chi connectivity index (χ1v) is 13.9. The van der Waals surface area contributed by atoms with Gasteiger partial charge < -0.3 is 15.0 Å². The van der Waals surface area contributed by atoms with Crippen molar-refractivity contribution in [2.24, 2.45) is 5.92 Å². The maximum Gasteiger partial charge on any atom is 0.237 e. The molecule has 0 spiro atoms. The number of amides is 1. The number of aliphatic hydroxyl groups is 1. The molecule has 2 aromatic carbocycles. The third-order valence-electron chi connectivity index (χ3n) is 7.27. The Morgan fingerprint density at radius 2 is 1.73 bits per heavy atom. The Morgan fingerprint density at radius 1 is 1.03 bits per heavy atom. The van der Waals surface area contributed by atoms with Crippen LogP contribution in [0.5, 0.6) is 0 Å². The lowest BCUT2D eigenvalue weighted by Crippen LogP contribution is -2.44. The first kappa shape index (κ1) is 28.9. The second-order valence-electron chi connectivity index (χ2n) is 11.8. The predicted octanol–water partition coefficient (Wildman–Crippen LogP) is 6.16. The lowest BCUT2D eigenvalue weighted by molar-refractivity contribution is -0.133. The van der Waals surface area contributed by atoms with Crippen LogP contribution >= 0.6 is 0 Å². The van der Waals surface area contributed by atoms with Crippen molar-refractivity contribution < 1.29 is 9.90 Å². The van der Waals surface area contributed by atoms with E-state index in [2.05, 4.69) is 86.2 Å². The molecule has 37 heavy (non-hydrogen) atoms. The van der Waals surface area contributed by atoms with Gasteiger partial charge in [0.15, 0.2) is 0 Å². The fraction of sp³-hybridized carbons (Fsp3) is 0.531. The molecule has 2 N–H and O–H groups in total. The Morgan fingerprint density at radius 3 is 2.38 bits per heavy atom. The average Bonchev–Trinajstić information content (AvgIpc) is 3.27. The third kappa shape index (κ3) is 8.44. The topological polar surface area (TPSA) is 59.6 Å². The van der Waals surface area contributed by atoms with Crippen molar-refractivity contribution in [3.8, 4) is 0 Å². The predicted molar refractivity (Wildman–Crippen MR) is 155 cm³/mol. The van der Waals surface area contributed by atoms with Crippen LogP contribution in [0.4, 0.5) is 0 Å². The fourth-order valence-corrected chi connectivity index (χ4v) is 4.60. The molecule has 1 amide bonds. The molecule has 5 heteroatoms. The van der Waals surface area contributed by atoms with Gasteiger partial charge >= 0.3 is 0 Å². The first-order chi connectivity index (χ1) is 17.6. The van der Waals surface area contributed by atoms with Crippen molar-refractivity contribution in [2.75, 3.05) is 26.2 Å². The van der Waals surface area contributed by atoms with E-state index in [4.69, 9.17) is 0 Å². The van der Waals surface area contributed by atoms with Crippen molar-refractivity contribution in [3.63, 3.8) is 0 Å². The van der Waals surface area contributed by atoms with E-state index in [1.807, 2.05) is 24.8 Å². The molecule has 0 saturated carbocycles. The molecular weight excluding hydrogens is 458 g/mol. The Hall–Kier alpha value is -2.63. The van der Waals surface area contributed by atoms with Crippen LogP contribution in [0.15, 0.2) is 54.7 Å². The van der Waals surface area contributed by atoms with E-state index in [0.717, 1.165) is 36.9 Å². The number of fused-ring (bicyclic) bond motifs is 1. The second kappa shape index (κ2) is 13.3. The van der Waals surface area contributed by atoms with E-state index in [1.165, 1.54) is 16.5 Å². The number of aromatic nitrogens is 1. The van der Waals surface area contributed by atoms with Crippen LogP contribution in [-0.4, -0.2) is 58.1 Å². The van der Waals surface area contributed by atoms with Gasteiger partial charge in [-0.3, -0.25) is 9.69 Å². The molecule has 5 nitrogen and oxygen atoms in total. The number of carbonyl (C=O) groups excluding carboxylic acids is 1. The highest BCUT2D eigenvalue weighted by Crippen LogP contribution is 2.23. The molecule has 1 aromatic heterocycles. The summed E-state index contributed by atoms with van der Waals surface area (Å²) in [6.07, 6.45) is 4.50. The minimum absolute atomic E-state index is 0.0976. The number of hydrogen-bond donors (Lipinski definition) is 2. The lowest BCUT2D eigenvalue weighted by Gasteiger charge is -2.30. The summed E-state index contributed by atoms with van der Waals surface area (Å²) in [5.74, 6) is 0.283. The Kier molecular flexibility index (Phi) is 10.4. The Bertz CT molecular complexity index is 1110. The van der Waals surface area contributed by atoms with Gasteiger partial charge in [-0.25, -0.2) is 0 Å². The van der Waals surface area contributed by atoms with Gasteiger partial charge in [-0.1, -0.05) is 90.4 Å². The molecule has 0 bridgehead atoms. The monoisotopic (exact) mass is 505 g/mol. The van der Waals surface area contributed by atoms with Gasteiger partial charge in [0.25, 0.3) is 0 Å². The smallest absolute Gasteiger partial charge is 0.237 e. The number of hydrogen-bond acceptors (Lipinski definition) is 3. The Labute approximate surface area is 223 Å². The number of aliphatic hydroxyl groups excluding tert-OH is 1. The molecule has 1 atom stereocenters.